The molecule has 3 fully saturated rings. The largest absolute Gasteiger partial charge is 0.507 e. The zero-order valence-electron chi connectivity index (χ0n) is 27.2. The Balaban J connectivity index is 0.906. The van der Waals surface area contributed by atoms with Crippen molar-refractivity contribution in [1.29, 1.82) is 10.8 Å². The van der Waals surface area contributed by atoms with Crippen LogP contribution in [0.25, 0.3) is 0 Å². The molecule has 3 aliphatic heterocycles. The first-order chi connectivity index (χ1) is 23.3. The fraction of sp³-hybridized carbons (Fsp3) is 0.350. The quantitative estimate of drug-likeness (QED) is 0.162. The number of piperidine rings is 2. The lowest BCUT2D eigenvalue weighted by atomic mass is 9.79. The number of para-hydroxylation sites is 1. The summed E-state index contributed by atoms with van der Waals surface area (Å²) in [5.74, 6) is 0.590. The second-order valence-corrected chi connectivity index (χ2v) is 13.6. The first kappa shape index (κ1) is 31.8. The summed E-state index contributed by atoms with van der Waals surface area (Å²) in [6, 6.07) is 24.7. The number of nitrogens with zero attached hydrogens (tertiary/aromatic N) is 2. The van der Waals surface area contributed by atoms with Crippen LogP contribution in [0.2, 0.25) is 0 Å². The van der Waals surface area contributed by atoms with E-state index in [4.69, 9.17) is 10.8 Å². The molecule has 3 heterocycles. The van der Waals surface area contributed by atoms with Crippen molar-refractivity contribution in [3.05, 3.63) is 119 Å². The number of rotatable bonds is 7. The van der Waals surface area contributed by atoms with Crippen molar-refractivity contribution >= 4 is 28.9 Å². The SMILES string of the molecule is N=C1C=CN(c2ccc(C3CCN(C4CCC(c5ccc(C6CCC(=O)NC6=O)cc5)CC4)CC3)cc2)/C1=C/C(=N)c1ccccc1O. The van der Waals surface area contributed by atoms with Gasteiger partial charge in [0.1, 0.15) is 5.75 Å². The summed E-state index contributed by atoms with van der Waals surface area (Å²) in [7, 11) is 0. The van der Waals surface area contributed by atoms with Gasteiger partial charge in [0.2, 0.25) is 11.8 Å². The lowest BCUT2D eigenvalue weighted by molar-refractivity contribution is -0.134. The summed E-state index contributed by atoms with van der Waals surface area (Å²) >= 11 is 0. The number of imide groups is 1. The van der Waals surface area contributed by atoms with Crippen LogP contribution in [-0.2, 0) is 9.59 Å². The average molecular weight is 642 g/mol. The van der Waals surface area contributed by atoms with E-state index in [9.17, 15) is 14.7 Å². The molecule has 1 aliphatic carbocycles. The van der Waals surface area contributed by atoms with Gasteiger partial charge in [-0.25, -0.2) is 0 Å². The highest BCUT2D eigenvalue weighted by Crippen LogP contribution is 2.38. The van der Waals surface area contributed by atoms with Crippen molar-refractivity contribution in [1.82, 2.24) is 10.2 Å². The monoisotopic (exact) mass is 641 g/mol. The van der Waals surface area contributed by atoms with Crippen molar-refractivity contribution in [3.8, 4) is 5.75 Å². The van der Waals surface area contributed by atoms with Crippen LogP contribution in [0, 0.1) is 10.8 Å². The second kappa shape index (κ2) is 13.7. The van der Waals surface area contributed by atoms with Gasteiger partial charge >= 0.3 is 0 Å². The maximum Gasteiger partial charge on any atom is 0.234 e. The van der Waals surface area contributed by atoms with Crippen molar-refractivity contribution in [2.24, 2.45) is 0 Å². The third kappa shape index (κ3) is 6.62. The van der Waals surface area contributed by atoms with Gasteiger partial charge < -0.3 is 20.3 Å². The minimum atomic E-state index is -0.223. The molecule has 0 bridgehead atoms. The number of phenols is 1. The van der Waals surface area contributed by atoms with Gasteiger partial charge in [-0.1, -0.05) is 48.5 Å². The molecular weight excluding hydrogens is 598 g/mol. The lowest BCUT2D eigenvalue weighted by Crippen LogP contribution is -2.42. The number of hydrogen-bond acceptors (Lipinski definition) is 7. The van der Waals surface area contributed by atoms with E-state index in [0.29, 0.717) is 47.7 Å². The Morgan fingerprint density at radius 3 is 2.08 bits per heavy atom. The highest BCUT2D eigenvalue weighted by atomic mass is 16.3. The lowest BCUT2D eigenvalue weighted by Gasteiger charge is -2.41. The second-order valence-electron chi connectivity index (χ2n) is 13.6. The molecule has 8 heteroatoms. The molecule has 1 atom stereocenters. The molecule has 3 aromatic carbocycles. The van der Waals surface area contributed by atoms with Gasteiger partial charge in [-0.15, -0.1) is 0 Å². The number of phenolic OH excluding ortho intramolecular Hbond substituents is 1. The average Bonchev–Trinajstić information content (AvgIpc) is 3.48. The molecule has 246 valence electrons. The Labute approximate surface area is 282 Å². The van der Waals surface area contributed by atoms with Crippen LogP contribution in [-0.4, -0.2) is 52.4 Å². The molecule has 1 unspecified atom stereocenters. The molecule has 3 aromatic rings. The van der Waals surface area contributed by atoms with Gasteiger partial charge in [0.05, 0.1) is 23.0 Å². The van der Waals surface area contributed by atoms with Crippen molar-refractivity contribution in [3.63, 3.8) is 0 Å². The third-order valence-electron chi connectivity index (χ3n) is 10.8. The molecule has 0 aromatic heterocycles. The maximum atomic E-state index is 12.3. The topological polar surface area (TPSA) is 121 Å². The number of likely N-dealkylation sites (tertiary alicyclic amines) is 1. The van der Waals surface area contributed by atoms with E-state index in [2.05, 4.69) is 58.7 Å². The standard InChI is InChI=1S/C40H43N5O3/c41-35-21-24-45(37(35)25-36(42)34-3-1-2-4-38(34)46)32-15-11-28(12-16-32)29-19-22-44(23-20-29)31-13-9-27(10-14-31)26-5-7-30(8-6-26)33-17-18-39(47)43-40(33)48/h1-8,11-12,15-16,21,24-25,27,29,31,33,41-42,46H,9-10,13-14,17-20,22-23H2,(H,43,47,48)/b37-25+,41-35?,42-36?. The van der Waals surface area contributed by atoms with E-state index in [1.807, 2.05) is 11.1 Å². The number of carbonyl (C=O) groups is 2. The van der Waals surface area contributed by atoms with E-state index in [0.717, 1.165) is 37.2 Å². The normalized spacial score (nSPS) is 24.7. The third-order valence-corrected chi connectivity index (χ3v) is 10.8. The van der Waals surface area contributed by atoms with E-state index in [1.165, 1.54) is 36.8 Å². The summed E-state index contributed by atoms with van der Waals surface area (Å²) in [5, 5.41) is 29.6. The Morgan fingerprint density at radius 2 is 1.42 bits per heavy atom. The minimum Gasteiger partial charge on any atom is -0.507 e. The summed E-state index contributed by atoms with van der Waals surface area (Å²) in [4.78, 5) is 28.4. The Morgan fingerprint density at radius 1 is 0.792 bits per heavy atom. The van der Waals surface area contributed by atoms with E-state index in [1.54, 1.807) is 36.4 Å². The van der Waals surface area contributed by atoms with Gasteiger partial charge in [0, 0.05) is 29.9 Å². The number of hydrogen-bond donors (Lipinski definition) is 4. The van der Waals surface area contributed by atoms with E-state index < -0.39 is 0 Å². The van der Waals surface area contributed by atoms with Gasteiger partial charge in [0.25, 0.3) is 0 Å². The summed E-state index contributed by atoms with van der Waals surface area (Å²) in [5.41, 5.74) is 6.24. The molecule has 48 heavy (non-hydrogen) atoms. The highest BCUT2D eigenvalue weighted by molar-refractivity contribution is 6.19. The van der Waals surface area contributed by atoms with Gasteiger partial charge in [-0.2, -0.15) is 0 Å². The number of benzene rings is 3. The van der Waals surface area contributed by atoms with Crippen LogP contribution in [0.15, 0.2) is 96.8 Å². The number of allylic oxidation sites excluding steroid dienone is 2. The van der Waals surface area contributed by atoms with Crippen LogP contribution in [0.5, 0.6) is 5.75 Å². The van der Waals surface area contributed by atoms with Crippen LogP contribution >= 0.6 is 0 Å². The van der Waals surface area contributed by atoms with Crippen molar-refractivity contribution < 1.29 is 14.7 Å². The van der Waals surface area contributed by atoms with E-state index >= 15 is 0 Å². The highest BCUT2D eigenvalue weighted by Gasteiger charge is 2.31. The summed E-state index contributed by atoms with van der Waals surface area (Å²) < 4.78 is 0. The van der Waals surface area contributed by atoms with Crippen molar-refractivity contribution in [2.75, 3.05) is 18.0 Å². The predicted octanol–water partition coefficient (Wildman–Crippen LogP) is 7.12. The molecule has 2 amide bonds. The first-order valence-corrected chi connectivity index (χ1v) is 17.3. The molecule has 2 saturated heterocycles. The predicted molar refractivity (Wildman–Crippen MR) is 189 cm³/mol. The molecular formula is C40H43N5O3. The Bertz CT molecular complexity index is 1760. The number of amides is 2. The van der Waals surface area contributed by atoms with Crippen LogP contribution in [0.1, 0.15) is 91.4 Å². The molecule has 4 aliphatic rings. The molecule has 0 spiro atoms. The van der Waals surface area contributed by atoms with Gasteiger partial charge in [-0.3, -0.25) is 20.3 Å². The molecule has 7 rings (SSSR count). The van der Waals surface area contributed by atoms with Gasteiger partial charge in [-0.05, 0) is 123 Å². The summed E-state index contributed by atoms with van der Waals surface area (Å²) in [6.45, 7) is 2.24. The molecule has 1 saturated carbocycles. The van der Waals surface area contributed by atoms with Crippen LogP contribution < -0.4 is 10.2 Å². The summed E-state index contributed by atoms with van der Waals surface area (Å²) in [6.07, 6.45) is 13.4. The number of carbonyl (C=O) groups excluding carboxylic acids is 2. The number of aromatic hydroxyl groups is 1. The molecule has 0 radical (unpaired) electrons. The Hall–Kier alpha value is -4.82. The molecule has 4 N–H and O–H groups in total. The van der Waals surface area contributed by atoms with Crippen LogP contribution in [0.4, 0.5) is 5.69 Å². The van der Waals surface area contributed by atoms with Crippen molar-refractivity contribution in [2.45, 2.75) is 75.2 Å². The fourth-order valence-electron chi connectivity index (χ4n) is 8.02. The maximum absolute atomic E-state index is 12.3. The fourth-order valence-corrected chi connectivity index (χ4v) is 8.02. The number of nitrogens with one attached hydrogen (secondary N) is 3. The zero-order chi connectivity index (χ0) is 33.2. The zero-order valence-corrected chi connectivity index (χ0v) is 27.2. The van der Waals surface area contributed by atoms with Crippen LogP contribution in [0.3, 0.4) is 0 Å². The number of anilines is 1. The van der Waals surface area contributed by atoms with E-state index in [-0.39, 0.29) is 29.2 Å². The first-order valence-electron chi connectivity index (χ1n) is 17.3. The van der Waals surface area contributed by atoms with Gasteiger partial charge in [0.15, 0.2) is 0 Å². The molecule has 8 nitrogen and oxygen atoms in total. The minimum absolute atomic E-state index is 0.0575. The Kier molecular flexibility index (Phi) is 9.08. The smallest absolute Gasteiger partial charge is 0.234 e.